The molecule has 4 nitrogen and oxygen atoms in total. The first kappa shape index (κ1) is 14.7. The first-order valence-electron chi connectivity index (χ1n) is 5.85. The zero-order valence-corrected chi connectivity index (χ0v) is 10.9. The largest absolute Gasteiger partial charge is 0.503 e. The number of phenolic OH excluding ortho intramolecular Hbond substituents is 1. The molecule has 2 rings (SSSR count). The molecule has 2 aromatic rings. The maximum atomic E-state index is 13.6. The van der Waals surface area contributed by atoms with Gasteiger partial charge in [-0.1, -0.05) is 6.07 Å². The summed E-state index contributed by atoms with van der Waals surface area (Å²) < 4.78 is 39.7. The second kappa shape index (κ2) is 5.35. The van der Waals surface area contributed by atoms with E-state index in [1.807, 2.05) is 0 Å². The van der Waals surface area contributed by atoms with Crippen molar-refractivity contribution < 1.29 is 23.1 Å². The minimum absolute atomic E-state index is 0.256. The lowest BCUT2D eigenvalue weighted by atomic mass is 10.1. The van der Waals surface area contributed by atoms with E-state index in [-0.39, 0.29) is 5.69 Å². The number of aryl methyl sites for hydroxylation is 1. The van der Waals surface area contributed by atoms with E-state index in [1.54, 1.807) is 13.0 Å². The van der Waals surface area contributed by atoms with Crippen LogP contribution in [0.15, 0.2) is 24.3 Å². The third-order valence-corrected chi connectivity index (χ3v) is 2.91. The summed E-state index contributed by atoms with van der Waals surface area (Å²) in [6, 6.07) is 4.95. The molecule has 0 radical (unpaired) electrons. The van der Waals surface area contributed by atoms with E-state index in [4.69, 9.17) is 10.8 Å². The molecule has 0 saturated heterocycles. The normalized spacial score (nSPS) is 10.5. The van der Waals surface area contributed by atoms with Gasteiger partial charge in [0.1, 0.15) is 0 Å². The average molecular weight is 296 g/mol. The topological polar surface area (TPSA) is 75.3 Å². The van der Waals surface area contributed by atoms with Gasteiger partial charge in [-0.2, -0.15) is 4.39 Å². The number of carbonyl (C=O) groups is 1. The van der Waals surface area contributed by atoms with Gasteiger partial charge in [-0.05, 0) is 30.7 Å². The maximum Gasteiger partial charge on any atom is 0.258 e. The molecule has 0 atom stereocenters. The maximum absolute atomic E-state index is 13.6. The number of halogens is 3. The van der Waals surface area contributed by atoms with Gasteiger partial charge in [0.15, 0.2) is 17.4 Å². The first-order chi connectivity index (χ1) is 9.81. The number of carbonyl (C=O) groups excluding carboxylic acids is 1. The number of benzene rings is 2. The Morgan fingerprint density at radius 3 is 2.48 bits per heavy atom. The fraction of sp³-hybridized carbons (Fsp3) is 0.0714. The molecule has 0 saturated carbocycles. The van der Waals surface area contributed by atoms with Crippen LogP contribution in [0.5, 0.6) is 5.75 Å². The van der Waals surface area contributed by atoms with E-state index in [2.05, 4.69) is 5.32 Å². The van der Waals surface area contributed by atoms with Crippen molar-refractivity contribution in [3.8, 4) is 5.75 Å². The Morgan fingerprint density at radius 2 is 1.86 bits per heavy atom. The highest BCUT2D eigenvalue weighted by Crippen LogP contribution is 2.26. The van der Waals surface area contributed by atoms with Gasteiger partial charge in [0.25, 0.3) is 5.91 Å². The number of anilines is 2. The number of rotatable bonds is 2. The molecule has 0 aliphatic rings. The van der Waals surface area contributed by atoms with Gasteiger partial charge in [-0.3, -0.25) is 4.79 Å². The first-order valence-corrected chi connectivity index (χ1v) is 5.85. The lowest BCUT2D eigenvalue weighted by molar-refractivity contribution is 0.102. The molecule has 1 amide bonds. The molecule has 0 aromatic heterocycles. The standard InChI is InChI=1S/C14H11F3N2O2/c1-6-2-3-7(4-10(6)18)19-14(21)8-5-9(15)12(17)13(20)11(8)16/h2-5,20H,18H2,1H3,(H,19,21). The molecular formula is C14H11F3N2O2. The van der Waals surface area contributed by atoms with Gasteiger partial charge in [0.05, 0.1) is 5.56 Å². The molecule has 7 heteroatoms. The van der Waals surface area contributed by atoms with Gasteiger partial charge in [-0.15, -0.1) is 0 Å². The van der Waals surface area contributed by atoms with Crippen molar-refractivity contribution in [2.45, 2.75) is 6.92 Å². The van der Waals surface area contributed by atoms with Crippen LogP contribution in [-0.4, -0.2) is 11.0 Å². The van der Waals surface area contributed by atoms with Crippen LogP contribution in [0.3, 0.4) is 0 Å². The molecule has 0 aliphatic heterocycles. The summed E-state index contributed by atoms with van der Waals surface area (Å²) >= 11 is 0. The minimum Gasteiger partial charge on any atom is -0.503 e. The van der Waals surface area contributed by atoms with Crippen LogP contribution in [0.25, 0.3) is 0 Å². The van der Waals surface area contributed by atoms with E-state index in [0.29, 0.717) is 11.8 Å². The third-order valence-electron chi connectivity index (χ3n) is 2.91. The summed E-state index contributed by atoms with van der Waals surface area (Å²) in [7, 11) is 0. The number of nitrogen functional groups attached to an aromatic ring is 1. The molecular weight excluding hydrogens is 285 g/mol. The number of amides is 1. The SMILES string of the molecule is Cc1ccc(NC(=O)c2cc(F)c(F)c(O)c2F)cc1N. The van der Waals surface area contributed by atoms with Gasteiger partial charge >= 0.3 is 0 Å². The van der Waals surface area contributed by atoms with Gasteiger partial charge < -0.3 is 16.2 Å². The second-order valence-electron chi connectivity index (χ2n) is 4.41. The molecule has 4 N–H and O–H groups in total. The lowest BCUT2D eigenvalue weighted by Crippen LogP contribution is -2.15. The molecule has 0 fully saturated rings. The predicted octanol–water partition coefficient (Wildman–Crippen LogP) is 2.95. The second-order valence-corrected chi connectivity index (χ2v) is 4.41. The highest BCUT2D eigenvalue weighted by Gasteiger charge is 2.22. The average Bonchev–Trinajstić information content (AvgIpc) is 2.44. The van der Waals surface area contributed by atoms with Crippen LogP contribution >= 0.6 is 0 Å². The van der Waals surface area contributed by atoms with Crippen LogP contribution in [0, 0.1) is 24.4 Å². The van der Waals surface area contributed by atoms with Gasteiger partial charge in [0, 0.05) is 11.4 Å². The van der Waals surface area contributed by atoms with Crippen molar-refractivity contribution in [1.82, 2.24) is 0 Å². The monoisotopic (exact) mass is 296 g/mol. The van der Waals surface area contributed by atoms with Crippen molar-refractivity contribution in [2.24, 2.45) is 0 Å². The van der Waals surface area contributed by atoms with E-state index < -0.39 is 34.7 Å². The quantitative estimate of drug-likeness (QED) is 0.589. The smallest absolute Gasteiger partial charge is 0.258 e. The highest BCUT2D eigenvalue weighted by atomic mass is 19.2. The number of nitrogens with two attached hydrogens (primary N) is 1. The molecule has 2 aromatic carbocycles. The van der Waals surface area contributed by atoms with E-state index in [1.165, 1.54) is 12.1 Å². The van der Waals surface area contributed by atoms with Crippen molar-refractivity contribution in [3.05, 3.63) is 52.8 Å². The van der Waals surface area contributed by atoms with Crippen molar-refractivity contribution in [1.29, 1.82) is 0 Å². The summed E-state index contributed by atoms with van der Waals surface area (Å²) in [4.78, 5) is 11.9. The Morgan fingerprint density at radius 1 is 1.19 bits per heavy atom. The fourth-order valence-electron chi connectivity index (χ4n) is 1.67. The van der Waals surface area contributed by atoms with Crippen LogP contribution < -0.4 is 11.1 Å². The number of hydrogen-bond donors (Lipinski definition) is 3. The molecule has 0 heterocycles. The zero-order valence-electron chi connectivity index (χ0n) is 10.9. The Balaban J connectivity index is 2.35. The Bertz CT molecular complexity index is 733. The number of aromatic hydroxyl groups is 1. The Labute approximate surface area is 118 Å². The van der Waals surface area contributed by atoms with Crippen LogP contribution in [0.4, 0.5) is 24.5 Å². The van der Waals surface area contributed by atoms with E-state index >= 15 is 0 Å². The highest BCUT2D eigenvalue weighted by molar-refractivity contribution is 6.05. The third kappa shape index (κ3) is 2.76. The van der Waals surface area contributed by atoms with Crippen LogP contribution in [0.2, 0.25) is 0 Å². The molecule has 0 aliphatic carbocycles. The van der Waals surface area contributed by atoms with Crippen LogP contribution in [0.1, 0.15) is 15.9 Å². The van der Waals surface area contributed by atoms with E-state index in [9.17, 15) is 18.0 Å². The van der Waals surface area contributed by atoms with E-state index in [0.717, 1.165) is 5.56 Å². The molecule has 110 valence electrons. The number of phenols is 1. The summed E-state index contributed by atoms with van der Waals surface area (Å²) in [6.07, 6.45) is 0. The summed E-state index contributed by atoms with van der Waals surface area (Å²) in [5, 5.41) is 11.4. The van der Waals surface area contributed by atoms with Crippen LogP contribution in [-0.2, 0) is 0 Å². The predicted molar refractivity (Wildman–Crippen MR) is 71.5 cm³/mol. The number of hydrogen-bond acceptors (Lipinski definition) is 3. The Kier molecular flexibility index (Phi) is 3.75. The molecule has 0 bridgehead atoms. The molecule has 0 unspecified atom stereocenters. The summed E-state index contributed by atoms with van der Waals surface area (Å²) in [5.41, 5.74) is 6.29. The van der Waals surface area contributed by atoms with Crippen molar-refractivity contribution in [3.63, 3.8) is 0 Å². The van der Waals surface area contributed by atoms with Crippen molar-refractivity contribution in [2.75, 3.05) is 11.1 Å². The lowest BCUT2D eigenvalue weighted by Gasteiger charge is -2.09. The Hall–Kier alpha value is -2.70. The van der Waals surface area contributed by atoms with Gasteiger partial charge in [0.2, 0.25) is 5.82 Å². The minimum atomic E-state index is -1.75. The molecule has 21 heavy (non-hydrogen) atoms. The number of nitrogens with one attached hydrogen (secondary N) is 1. The van der Waals surface area contributed by atoms with Gasteiger partial charge in [-0.25, -0.2) is 8.78 Å². The fourth-order valence-corrected chi connectivity index (χ4v) is 1.67. The zero-order chi connectivity index (χ0) is 15.7. The summed E-state index contributed by atoms with van der Waals surface area (Å²) in [5.74, 6) is -7.38. The van der Waals surface area contributed by atoms with Crippen molar-refractivity contribution >= 4 is 17.3 Å². The summed E-state index contributed by atoms with van der Waals surface area (Å²) in [6.45, 7) is 1.76. The molecule has 0 spiro atoms.